The highest BCUT2D eigenvalue weighted by atomic mass is 16.7. The van der Waals surface area contributed by atoms with E-state index in [0.717, 1.165) is 12.8 Å². The van der Waals surface area contributed by atoms with Crippen LogP contribution in [0.25, 0.3) is 0 Å². The van der Waals surface area contributed by atoms with Crippen LogP contribution in [0, 0.1) is 0 Å². The van der Waals surface area contributed by atoms with Gasteiger partial charge in [-0.3, -0.25) is 4.98 Å². The average molecular weight is 248 g/mol. The Morgan fingerprint density at radius 1 is 1.28 bits per heavy atom. The van der Waals surface area contributed by atoms with Crippen molar-refractivity contribution in [2.24, 2.45) is 0 Å². The van der Waals surface area contributed by atoms with Crippen LogP contribution in [0.1, 0.15) is 56.3 Å². The summed E-state index contributed by atoms with van der Waals surface area (Å²) in [5.41, 5.74) is -0.0972. The zero-order valence-electron chi connectivity index (χ0n) is 14.3. The van der Waals surface area contributed by atoms with E-state index in [-0.39, 0.29) is 24.2 Å². The second-order valence-electron chi connectivity index (χ2n) is 6.14. The van der Waals surface area contributed by atoms with Crippen molar-refractivity contribution in [3.05, 3.63) is 24.0 Å². The topological polar surface area (TPSA) is 31.4 Å². The molecule has 1 aliphatic heterocycles. The van der Waals surface area contributed by atoms with Crippen LogP contribution in [0.15, 0.2) is 18.3 Å². The Balaban J connectivity index is 2.07. The minimum Gasteiger partial charge on any atom is -0.399 e. The fourth-order valence-electron chi connectivity index (χ4n) is 1.97. The quantitative estimate of drug-likeness (QED) is 0.752. The summed E-state index contributed by atoms with van der Waals surface area (Å²) in [4.78, 5) is 4.12. The predicted molar refractivity (Wildman–Crippen MR) is 71.9 cm³/mol. The van der Waals surface area contributed by atoms with E-state index in [9.17, 15) is 0 Å². The van der Waals surface area contributed by atoms with Crippen molar-refractivity contribution < 1.29 is 13.4 Å². The van der Waals surface area contributed by atoms with Gasteiger partial charge in [-0.25, -0.2) is 0 Å². The lowest BCUT2D eigenvalue weighted by Crippen LogP contribution is -2.41. The minimum absolute atomic E-state index is 0.0668. The highest BCUT2D eigenvalue weighted by molar-refractivity contribution is 6.62. The van der Waals surface area contributed by atoms with Gasteiger partial charge in [0.25, 0.3) is 0 Å². The first-order valence-corrected chi connectivity index (χ1v) is 6.47. The van der Waals surface area contributed by atoms with Crippen LogP contribution in [-0.2, 0) is 9.31 Å². The normalized spacial score (nSPS) is 27.8. The lowest BCUT2D eigenvalue weighted by Gasteiger charge is -2.32. The predicted octanol–water partition coefficient (Wildman–Crippen LogP) is 2.26. The molecule has 3 rings (SSSR count). The molecule has 1 aromatic rings. The molecule has 0 bridgehead atoms. The van der Waals surface area contributed by atoms with Crippen LogP contribution in [0.3, 0.4) is 0 Å². The Morgan fingerprint density at radius 3 is 2.44 bits per heavy atom. The molecule has 0 spiro atoms. The lowest BCUT2D eigenvalue weighted by atomic mass is 9.79. The van der Waals surface area contributed by atoms with Gasteiger partial charge in [0.2, 0.25) is 0 Å². The largest absolute Gasteiger partial charge is 0.494 e. The maximum absolute atomic E-state index is 8.35. The molecular weight excluding hydrogens is 225 g/mol. The number of hydrogen-bond acceptors (Lipinski definition) is 3. The maximum atomic E-state index is 8.35. The van der Waals surface area contributed by atoms with Crippen molar-refractivity contribution in [3.63, 3.8) is 0 Å². The molecule has 96 valence electrons. The number of aromatic nitrogens is 1. The van der Waals surface area contributed by atoms with Crippen LogP contribution >= 0.6 is 0 Å². The van der Waals surface area contributed by atoms with Gasteiger partial charge < -0.3 is 9.31 Å². The zero-order chi connectivity index (χ0) is 15.6. The summed E-state index contributed by atoms with van der Waals surface area (Å²) in [6, 6.07) is 0.139. The molecule has 2 fully saturated rings. The fourth-order valence-corrected chi connectivity index (χ4v) is 1.97. The molecule has 0 unspecified atom stereocenters. The molecule has 3 nitrogen and oxygen atoms in total. The third kappa shape index (κ3) is 1.97. The molecule has 0 atom stereocenters. The van der Waals surface area contributed by atoms with Gasteiger partial charge >= 0.3 is 7.12 Å². The van der Waals surface area contributed by atoms with Crippen molar-refractivity contribution >= 4 is 12.6 Å². The summed E-state index contributed by atoms with van der Waals surface area (Å²) >= 11 is 0. The Bertz CT molecular complexity index is 586. The highest BCUT2D eigenvalue weighted by Gasteiger charge is 2.51. The van der Waals surface area contributed by atoms with E-state index in [1.807, 2.05) is 27.7 Å². The van der Waals surface area contributed by atoms with Crippen LogP contribution in [0.4, 0.5) is 0 Å². The van der Waals surface area contributed by atoms with Crippen LogP contribution in [-0.4, -0.2) is 23.3 Å². The van der Waals surface area contributed by atoms with Crippen molar-refractivity contribution in [2.75, 3.05) is 0 Å². The van der Waals surface area contributed by atoms with E-state index in [1.165, 1.54) is 0 Å². The summed E-state index contributed by atoms with van der Waals surface area (Å²) in [5.74, 6) is 0.253. The van der Waals surface area contributed by atoms with Gasteiger partial charge in [-0.05, 0) is 58.1 Å². The van der Waals surface area contributed by atoms with Crippen molar-refractivity contribution in [1.82, 2.24) is 4.98 Å². The Morgan fingerprint density at radius 2 is 1.89 bits per heavy atom. The van der Waals surface area contributed by atoms with E-state index in [1.54, 1.807) is 0 Å². The zero-order valence-corrected chi connectivity index (χ0v) is 11.3. The van der Waals surface area contributed by atoms with Gasteiger partial charge in [-0.15, -0.1) is 0 Å². The number of hydrogen-bond donors (Lipinski definition) is 0. The monoisotopic (exact) mass is 248 g/mol. The lowest BCUT2D eigenvalue weighted by molar-refractivity contribution is 0.00578. The fraction of sp³-hybridized carbons (Fsp3) is 0.643. The van der Waals surface area contributed by atoms with E-state index >= 15 is 0 Å². The smallest absolute Gasteiger partial charge is 0.399 e. The number of nitrogens with zero attached hydrogens (tertiary/aromatic N) is 1. The summed E-state index contributed by atoms with van der Waals surface area (Å²) < 4.78 is 36.2. The van der Waals surface area contributed by atoms with Gasteiger partial charge in [0.15, 0.2) is 0 Å². The first-order valence-electron chi connectivity index (χ1n) is 7.97. The van der Waals surface area contributed by atoms with Crippen LogP contribution in [0.2, 0.25) is 0 Å². The summed E-state index contributed by atoms with van der Waals surface area (Å²) in [5, 5.41) is 0. The average Bonchev–Trinajstić information content (AvgIpc) is 3.13. The molecule has 4 heteroatoms. The Labute approximate surface area is 113 Å². The van der Waals surface area contributed by atoms with Gasteiger partial charge in [0, 0.05) is 17.8 Å². The van der Waals surface area contributed by atoms with E-state index in [4.69, 9.17) is 13.4 Å². The van der Waals surface area contributed by atoms with Crippen LogP contribution in [0.5, 0.6) is 0 Å². The van der Waals surface area contributed by atoms with Crippen molar-refractivity contribution in [1.29, 1.82) is 0 Å². The van der Waals surface area contributed by atoms with E-state index in [2.05, 4.69) is 4.98 Å². The summed E-state index contributed by atoms with van der Waals surface area (Å²) in [6.45, 7) is 7.74. The molecule has 1 saturated heterocycles. The third-order valence-corrected chi connectivity index (χ3v) is 4.08. The maximum Gasteiger partial charge on any atom is 0.494 e. The third-order valence-electron chi connectivity index (χ3n) is 4.08. The van der Waals surface area contributed by atoms with Gasteiger partial charge in [-0.2, -0.15) is 0 Å². The first kappa shape index (κ1) is 9.10. The minimum atomic E-state index is -0.778. The standard InChI is InChI=1S/C14H20BNO2/c1-13(2)14(3,4)18-15(17-13)11-7-8-16-12(9-11)10-5-6-10/h7-10H,5-6H2,1-4H3/i7D,8D,9D. The molecule has 1 aromatic heterocycles. The van der Waals surface area contributed by atoms with E-state index in [0.29, 0.717) is 11.2 Å². The Kier molecular flexibility index (Phi) is 1.93. The molecule has 1 aliphatic carbocycles. The molecule has 0 aromatic carbocycles. The number of pyridine rings is 1. The van der Waals surface area contributed by atoms with Gasteiger partial charge in [-0.1, -0.05) is 0 Å². The van der Waals surface area contributed by atoms with Gasteiger partial charge in [0.05, 0.1) is 15.3 Å². The van der Waals surface area contributed by atoms with Crippen LogP contribution < -0.4 is 5.46 Å². The van der Waals surface area contributed by atoms with Crippen molar-refractivity contribution in [2.45, 2.75) is 57.7 Å². The van der Waals surface area contributed by atoms with Crippen molar-refractivity contribution in [3.8, 4) is 0 Å². The second-order valence-corrected chi connectivity index (χ2v) is 6.14. The molecular formula is C14H20BNO2. The second kappa shape index (κ2) is 3.81. The molecule has 0 amide bonds. The first-order chi connectivity index (χ1) is 9.64. The molecule has 0 radical (unpaired) electrons. The molecule has 1 saturated carbocycles. The molecule has 0 N–H and O–H groups in total. The number of rotatable bonds is 2. The summed E-state index contributed by atoms with van der Waals surface area (Å²) in [7, 11) is -0.778. The molecule has 2 heterocycles. The Hall–Kier alpha value is -0.865. The SMILES string of the molecule is [2H]c1nc(C2CC2)c([2H])c(B2OC(C)(C)C(C)(C)O2)c1[2H]. The van der Waals surface area contributed by atoms with Gasteiger partial charge in [0.1, 0.15) is 0 Å². The van der Waals surface area contributed by atoms with E-state index < -0.39 is 18.3 Å². The molecule has 2 aliphatic rings. The molecule has 18 heavy (non-hydrogen) atoms. The highest BCUT2D eigenvalue weighted by Crippen LogP contribution is 2.39. The summed E-state index contributed by atoms with van der Waals surface area (Å²) in [6.07, 6.45) is 1.90.